The summed E-state index contributed by atoms with van der Waals surface area (Å²) in [6, 6.07) is 6.97. The summed E-state index contributed by atoms with van der Waals surface area (Å²) in [4.78, 5) is 57.0. The Balaban J connectivity index is 1.80. The first-order valence-corrected chi connectivity index (χ1v) is 19.1. The summed E-state index contributed by atoms with van der Waals surface area (Å²) in [5.74, 6) is -6.62. The van der Waals surface area contributed by atoms with Crippen LogP contribution < -0.4 is 5.43 Å². The van der Waals surface area contributed by atoms with Gasteiger partial charge in [-0.3, -0.25) is 15.0 Å². The molecule has 308 valence electrons. The molecule has 3 aliphatic heterocycles. The van der Waals surface area contributed by atoms with Crippen LogP contribution in [0.5, 0.6) is 0 Å². The van der Waals surface area contributed by atoms with Crippen LogP contribution in [0.3, 0.4) is 0 Å². The molecule has 0 amide bonds. The van der Waals surface area contributed by atoms with Gasteiger partial charge >= 0.3 is 17.9 Å². The number of likely N-dealkylation sites (N-methyl/N-ethyl adjacent to an activating group) is 1. The average Bonchev–Trinajstić information content (AvgIpc) is 3.63. The number of Topliss-reactive ketones (excluding diaryl/α,β-unsaturated/α-hetero) is 1. The Labute approximate surface area is 324 Å². The molecule has 1 aromatic carbocycles. The maximum atomic E-state index is 14.5. The number of esters is 3. The Morgan fingerprint density at radius 2 is 1.71 bits per heavy atom. The van der Waals surface area contributed by atoms with Crippen LogP contribution in [-0.4, -0.2) is 134 Å². The highest BCUT2D eigenvalue weighted by atomic mass is 16.7. The molecule has 3 aliphatic rings. The fraction of sp³-hybridized carbons (Fsp3) is 0.725. The number of benzene rings is 1. The second kappa shape index (κ2) is 18.2. The van der Waals surface area contributed by atoms with Gasteiger partial charge in [0.1, 0.15) is 17.4 Å². The number of rotatable bonds is 8. The van der Waals surface area contributed by atoms with Gasteiger partial charge in [0.15, 0.2) is 24.2 Å². The van der Waals surface area contributed by atoms with Gasteiger partial charge in [0.2, 0.25) is 0 Å². The van der Waals surface area contributed by atoms with Crippen molar-refractivity contribution in [3.8, 4) is 0 Å². The second-order valence-electron chi connectivity index (χ2n) is 16.0. The van der Waals surface area contributed by atoms with Crippen molar-refractivity contribution in [2.45, 2.75) is 128 Å². The lowest BCUT2D eigenvalue weighted by Crippen LogP contribution is -2.63. The Morgan fingerprint density at radius 1 is 1.05 bits per heavy atom. The van der Waals surface area contributed by atoms with E-state index in [1.54, 1.807) is 65.0 Å². The number of hydrazone groups is 1. The molecule has 3 heterocycles. The predicted molar refractivity (Wildman–Crippen MR) is 201 cm³/mol. The minimum absolute atomic E-state index is 0.105. The zero-order valence-electron chi connectivity index (χ0n) is 34.0. The van der Waals surface area contributed by atoms with Gasteiger partial charge in [-0.1, -0.05) is 45.9 Å². The van der Waals surface area contributed by atoms with Gasteiger partial charge in [0.25, 0.3) is 0 Å². The van der Waals surface area contributed by atoms with Crippen molar-refractivity contribution in [2.75, 3.05) is 28.3 Å². The zero-order chi connectivity index (χ0) is 41.0. The van der Waals surface area contributed by atoms with Crippen molar-refractivity contribution in [3.63, 3.8) is 0 Å². The summed E-state index contributed by atoms with van der Waals surface area (Å²) >= 11 is 0. The normalized spacial score (nSPS) is 40.3. The van der Waals surface area contributed by atoms with Crippen LogP contribution in [0.1, 0.15) is 78.1 Å². The summed E-state index contributed by atoms with van der Waals surface area (Å²) in [6.07, 6.45) is -5.33. The number of hydrogen-bond donors (Lipinski definition) is 3. The smallest absolute Gasteiger partial charge is 0.338 e. The number of aliphatic hydroxyl groups is 2. The second-order valence-corrected chi connectivity index (χ2v) is 16.0. The fourth-order valence-corrected chi connectivity index (χ4v) is 8.63. The number of methoxy groups -OCH3 is 2. The van der Waals surface area contributed by atoms with Gasteiger partial charge in [-0.05, 0) is 72.2 Å². The summed E-state index contributed by atoms with van der Waals surface area (Å²) in [5, 5.41) is 28.2. The van der Waals surface area contributed by atoms with Crippen LogP contribution in [0.2, 0.25) is 0 Å². The van der Waals surface area contributed by atoms with Gasteiger partial charge in [0.05, 0.1) is 48.7 Å². The topological polar surface area (TPSA) is 192 Å². The molecule has 4 rings (SSSR count). The van der Waals surface area contributed by atoms with E-state index in [1.165, 1.54) is 27.4 Å². The summed E-state index contributed by atoms with van der Waals surface area (Å²) in [5.41, 5.74) is 0.0650. The number of carbonyl (C=O) groups excluding carboxylic acids is 4. The highest BCUT2D eigenvalue weighted by Gasteiger charge is 2.60. The largest absolute Gasteiger partial charge is 0.467 e. The van der Waals surface area contributed by atoms with E-state index in [-0.39, 0.29) is 25.0 Å². The molecule has 15 nitrogen and oxygen atoms in total. The molecule has 2 fully saturated rings. The van der Waals surface area contributed by atoms with E-state index in [2.05, 4.69) is 10.5 Å². The van der Waals surface area contributed by atoms with Gasteiger partial charge in [0, 0.05) is 25.2 Å². The van der Waals surface area contributed by atoms with Gasteiger partial charge in [-0.15, -0.1) is 0 Å². The van der Waals surface area contributed by atoms with E-state index in [0.29, 0.717) is 12.0 Å². The number of cyclic esters (lactones) is 1. The first-order chi connectivity index (χ1) is 25.9. The molecule has 1 aromatic rings. The van der Waals surface area contributed by atoms with Gasteiger partial charge in [-0.25, -0.2) is 9.59 Å². The molecule has 2 saturated heterocycles. The quantitative estimate of drug-likeness (QED) is 0.198. The summed E-state index contributed by atoms with van der Waals surface area (Å²) in [6.45, 7) is 11.8. The molecule has 1 spiro atoms. The molecular weight excluding hydrogens is 714 g/mol. The minimum Gasteiger partial charge on any atom is -0.467 e. The number of carbonyl (C=O) groups is 4. The van der Waals surface area contributed by atoms with Crippen molar-refractivity contribution >= 4 is 29.9 Å². The monoisotopic (exact) mass is 775 g/mol. The number of nitrogens with one attached hydrogen (secondary N) is 1. The molecule has 0 radical (unpaired) electrons. The predicted octanol–water partition coefficient (Wildman–Crippen LogP) is 2.75. The number of hydrogen-bond acceptors (Lipinski definition) is 15. The summed E-state index contributed by atoms with van der Waals surface area (Å²) < 4.78 is 36.6. The van der Waals surface area contributed by atoms with Crippen molar-refractivity contribution < 1.29 is 57.8 Å². The van der Waals surface area contributed by atoms with Crippen LogP contribution in [0.25, 0.3) is 0 Å². The zero-order valence-corrected chi connectivity index (χ0v) is 34.0. The molecule has 0 aromatic heterocycles. The van der Waals surface area contributed by atoms with Crippen molar-refractivity contribution in [2.24, 2.45) is 34.2 Å². The van der Waals surface area contributed by atoms with Crippen LogP contribution in [-0.2, 0) is 42.8 Å². The number of ether oxygens (including phenoxy) is 6. The van der Waals surface area contributed by atoms with Gasteiger partial charge in [-0.2, -0.15) is 5.10 Å². The number of nitrogens with zero attached hydrogens (tertiary/aromatic N) is 2. The van der Waals surface area contributed by atoms with Crippen LogP contribution >= 0.6 is 0 Å². The highest BCUT2D eigenvalue weighted by Crippen LogP contribution is 2.44. The molecule has 2 unspecified atom stereocenters. The Hall–Kier alpha value is -3.47. The third kappa shape index (κ3) is 8.92. The summed E-state index contributed by atoms with van der Waals surface area (Å²) in [7, 11) is 6.40. The van der Waals surface area contributed by atoms with Gasteiger partial charge < -0.3 is 43.5 Å². The fourth-order valence-electron chi connectivity index (χ4n) is 8.63. The maximum absolute atomic E-state index is 14.5. The van der Waals surface area contributed by atoms with Crippen molar-refractivity contribution in [3.05, 3.63) is 35.9 Å². The third-order valence-corrected chi connectivity index (χ3v) is 12.0. The van der Waals surface area contributed by atoms with Crippen LogP contribution in [0, 0.1) is 29.1 Å². The molecule has 15 atom stereocenters. The third-order valence-electron chi connectivity index (χ3n) is 12.0. The van der Waals surface area contributed by atoms with E-state index < -0.39 is 101 Å². The lowest BCUT2D eigenvalue weighted by molar-refractivity contribution is -0.295. The van der Waals surface area contributed by atoms with Crippen LogP contribution in [0.4, 0.5) is 0 Å². The molecular formula is C40H61N3O12. The molecule has 0 saturated carbocycles. The lowest BCUT2D eigenvalue weighted by atomic mass is 9.65. The van der Waals surface area contributed by atoms with Crippen LogP contribution in [0.15, 0.2) is 35.4 Å². The van der Waals surface area contributed by atoms with Crippen molar-refractivity contribution in [1.82, 2.24) is 10.3 Å². The Kier molecular flexibility index (Phi) is 14.6. The Morgan fingerprint density at radius 3 is 2.29 bits per heavy atom. The first kappa shape index (κ1) is 44.2. The number of aliphatic hydroxyl groups excluding tert-OH is 2. The molecule has 0 aliphatic carbocycles. The lowest BCUT2D eigenvalue weighted by Gasteiger charge is -2.48. The molecule has 15 heteroatoms. The van der Waals surface area contributed by atoms with E-state index >= 15 is 0 Å². The highest BCUT2D eigenvalue weighted by molar-refractivity contribution is 6.00. The molecule has 3 N–H and O–H groups in total. The van der Waals surface area contributed by atoms with E-state index in [9.17, 15) is 29.4 Å². The SMILES string of the molecule is CC[C@H]1OC(=O)[C@H](C)C(=O)[C@H](C)[C@@H](O[C@@H]2O[C@H](C)C[C@H](N(C)C)[C@H]2OC(=O)c2ccccc2)[C@](C)(OC)C[C@@H](C)[C@H](O)[C@H](C)[C@@H](O)C12C=NNC2C(=O)OC. The standard InChI is InChI=1S/C40H61N3O12/c1-12-28-40(20-41-42-32(40)37(49)50-10)33(46)23(4)29(44)21(2)19-39(7,51-11)34(24(5)30(45)25(6)35(47)53-28)55-38-31(27(43(8)9)18-22(3)52-38)54-36(48)26-16-14-13-15-17-26/h13-17,20-25,27-29,31-34,38,42,44,46H,12,18-19H2,1-11H3/t21-,22-,23+,24+,25-,27+,28-,29+,31-,32?,33-,34-,38+,39-,40?/m1/s1. The first-order valence-electron chi connectivity index (χ1n) is 19.1. The van der Waals surface area contributed by atoms with Crippen molar-refractivity contribution in [1.29, 1.82) is 0 Å². The minimum atomic E-state index is -1.66. The molecule has 55 heavy (non-hydrogen) atoms. The average molecular weight is 776 g/mol. The maximum Gasteiger partial charge on any atom is 0.338 e. The van der Waals surface area contributed by atoms with E-state index in [0.717, 1.165) is 0 Å². The van der Waals surface area contributed by atoms with E-state index in [1.807, 2.05) is 25.9 Å². The molecule has 0 bridgehead atoms. The van der Waals surface area contributed by atoms with E-state index in [4.69, 9.17) is 28.4 Å². The number of ketones is 1. The Bertz CT molecular complexity index is 1530.